The lowest BCUT2D eigenvalue weighted by Gasteiger charge is -2.00. The minimum Gasteiger partial charge on any atom is -0.478 e. The van der Waals surface area contributed by atoms with Crippen LogP contribution in [0.2, 0.25) is 0 Å². The summed E-state index contributed by atoms with van der Waals surface area (Å²) in [5.74, 6) is -2.48. The fraction of sp³-hybridized carbons (Fsp3) is 0.100. The predicted octanol–water partition coefficient (Wildman–Crippen LogP) is 2.73. The molecule has 3 N–H and O–H groups in total. The Labute approximate surface area is 92.4 Å². The molecule has 1 aromatic heterocycles. The first-order chi connectivity index (χ1) is 7.79. The van der Waals surface area contributed by atoms with Gasteiger partial charge in [0.1, 0.15) is 0 Å². The number of rotatable bonds is 1. The third-order valence-corrected chi connectivity index (χ3v) is 2.17. The summed E-state index contributed by atoms with van der Waals surface area (Å²) in [6.07, 6.45) is -4.63. The Kier molecular flexibility index (Phi) is 2.27. The summed E-state index contributed by atoms with van der Waals surface area (Å²) in [4.78, 5) is 10.7. The Morgan fingerprint density at radius 2 is 1.94 bits per heavy atom. The van der Waals surface area contributed by atoms with Gasteiger partial charge in [0.25, 0.3) is 0 Å². The molecule has 0 aliphatic rings. The highest BCUT2D eigenvalue weighted by Gasteiger charge is 2.35. The van der Waals surface area contributed by atoms with Crippen LogP contribution in [0.5, 0.6) is 0 Å². The van der Waals surface area contributed by atoms with Crippen LogP contribution in [0.4, 0.5) is 18.9 Å². The third-order valence-electron chi connectivity index (χ3n) is 2.17. The number of carboxylic acids is 1. The molecule has 4 nitrogen and oxygen atoms in total. The summed E-state index contributed by atoms with van der Waals surface area (Å²) in [5.41, 5.74) is 4.93. The molecular formula is C10H6F3NO3. The van der Waals surface area contributed by atoms with Crippen LogP contribution in [-0.4, -0.2) is 11.1 Å². The van der Waals surface area contributed by atoms with Gasteiger partial charge in [0.05, 0.1) is 11.3 Å². The molecule has 0 aliphatic carbocycles. The van der Waals surface area contributed by atoms with E-state index >= 15 is 0 Å². The number of nitrogens with two attached hydrogens (primary N) is 1. The van der Waals surface area contributed by atoms with Crippen LogP contribution in [0, 0.1) is 0 Å². The van der Waals surface area contributed by atoms with Crippen molar-refractivity contribution in [2.45, 2.75) is 6.18 Å². The highest BCUT2D eigenvalue weighted by atomic mass is 19.4. The molecule has 0 saturated carbocycles. The molecule has 0 saturated heterocycles. The van der Waals surface area contributed by atoms with E-state index in [0.717, 1.165) is 18.2 Å². The van der Waals surface area contributed by atoms with Gasteiger partial charge < -0.3 is 15.3 Å². The largest absolute Gasteiger partial charge is 0.478 e. The number of hydrogen-bond donors (Lipinski definition) is 2. The van der Waals surface area contributed by atoms with Crippen molar-refractivity contribution in [2.75, 3.05) is 5.73 Å². The maximum absolute atomic E-state index is 12.4. The van der Waals surface area contributed by atoms with Crippen LogP contribution < -0.4 is 5.73 Å². The number of furan rings is 1. The van der Waals surface area contributed by atoms with Gasteiger partial charge >= 0.3 is 12.1 Å². The molecular weight excluding hydrogens is 239 g/mol. The van der Waals surface area contributed by atoms with Gasteiger partial charge in [-0.15, -0.1) is 0 Å². The fourth-order valence-corrected chi connectivity index (χ4v) is 1.44. The molecule has 17 heavy (non-hydrogen) atoms. The quantitative estimate of drug-likeness (QED) is 0.757. The van der Waals surface area contributed by atoms with Gasteiger partial charge in [0, 0.05) is 5.39 Å². The lowest BCUT2D eigenvalue weighted by atomic mass is 10.1. The summed E-state index contributed by atoms with van der Waals surface area (Å²) in [6, 6.07) is 2.85. The first-order valence-corrected chi connectivity index (χ1v) is 4.42. The van der Waals surface area contributed by atoms with Crippen molar-refractivity contribution in [3.05, 3.63) is 29.5 Å². The molecule has 0 aliphatic heterocycles. The molecule has 0 radical (unpaired) electrons. The summed E-state index contributed by atoms with van der Waals surface area (Å²) in [7, 11) is 0. The average Bonchev–Trinajstić information content (AvgIpc) is 2.60. The molecule has 90 valence electrons. The maximum Gasteiger partial charge on any atom is 0.449 e. The number of carbonyl (C=O) groups is 1. The molecule has 7 heteroatoms. The summed E-state index contributed by atoms with van der Waals surface area (Å²) in [5, 5.41) is 8.74. The molecule has 1 heterocycles. The number of halogens is 3. The van der Waals surface area contributed by atoms with Gasteiger partial charge in [-0.05, 0) is 18.2 Å². The van der Waals surface area contributed by atoms with E-state index in [1.54, 1.807) is 0 Å². The zero-order valence-corrected chi connectivity index (χ0v) is 8.21. The van der Waals surface area contributed by atoms with Crippen molar-refractivity contribution >= 4 is 22.6 Å². The van der Waals surface area contributed by atoms with Gasteiger partial charge in [-0.3, -0.25) is 0 Å². The molecule has 0 atom stereocenters. The van der Waals surface area contributed by atoms with Gasteiger partial charge in [0.15, 0.2) is 5.58 Å². The number of alkyl halides is 3. The second kappa shape index (κ2) is 3.41. The van der Waals surface area contributed by atoms with Crippen LogP contribution in [0.15, 0.2) is 22.6 Å². The number of aromatic carboxylic acids is 1. The Morgan fingerprint density at radius 3 is 2.47 bits per heavy atom. The highest BCUT2D eigenvalue weighted by Crippen LogP contribution is 2.36. The van der Waals surface area contributed by atoms with Crippen molar-refractivity contribution in [3.63, 3.8) is 0 Å². The number of hydrogen-bond acceptors (Lipinski definition) is 3. The molecule has 0 unspecified atom stereocenters. The highest BCUT2D eigenvalue weighted by molar-refractivity contribution is 5.98. The first kappa shape index (κ1) is 11.3. The van der Waals surface area contributed by atoms with Crippen molar-refractivity contribution in [2.24, 2.45) is 0 Å². The van der Waals surface area contributed by atoms with E-state index in [9.17, 15) is 18.0 Å². The lowest BCUT2D eigenvalue weighted by Crippen LogP contribution is -2.01. The maximum atomic E-state index is 12.4. The van der Waals surface area contributed by atoms with Crippen molar-refractivity contribution in [1.82, 2.24) is 0 Å². The average molecular weight is 245 g/mol. The standard InChI is InChI=1S/C10H6F3NO3/c11-10(12,13)7-3-4-1-5(9(15)16)2-6(14)8(4)17-7/h1-3H,14H2,(H,15,16). The molecule has 2 rings (SSSR count). The van der Waals surface area contributed by atoms with Crippen LogP contribution in [0.25, 0.3) is 11.0 Å². The number of benzene rings is 1. The fourth-order valence-electron chi connectivity index (χ4n) is 1.44. The van der Waals surface area contributed by atoms with E-state index in [-0.39, 0.29) is 22.2 Å². The summed E-state index contributed by atoms with van der Waals surface area (Å²) >= 11 is 0. The predicted molar refractivity (Wildman–Crippen MR) is 52.6 cm³/mol. The first-order valence-electron chi connectivity index (χ1n) is 4.42. The van der Waals surface area contributed by atoms with Gasteiger partial charge in [-0.25, -0.2) is 4.79 Å². The topological polar surface area (TPSA) is 76.5 Å². The second-order valence-electron chi connectivity index (χ2n) is 3.40. The molecule has 0 bridgehead atoms. The van der Waals surface area contributed by atoms with Gasteiger partial charge in [-0.1, -0.05) is 0 Å². The zero-order valence-electron chi connectivity index (χ0n) is 8.21. The van der Waals surface area contributed by atoms with E-state index in [0.29, 0.717) is 0 Å². The van der Waals surface area contributed by atoms with E-state index < -0.39 is 17.9 Å². The lowest BCUT2D eigenvalue weighted by molar-refractivity contribution is -0.152. The van der Waals surface area contributed by atoms with Crippen LogP contribution in [-0.2, 0) is 6.18 Å². The van der Waals surface area contributed by atoms with Crippen molar-refractivity contribution < 1.29 is 27.5 Å². The van der Waals surface area contributed by atoms with E-state index in [4.69, 9.17) is 10.8 Å². The van der Waals surface area contributed by atoms with E-state index in [1.165, 1.54) is 0 Å². The van der Waals surface area contributed by atoms with Crippen LogP contribution >= 0.6 is 0 Å². The Balaban J connectivity index is 2.69. The van der Waals surface area contributed by atoms with Crippen LogP contribution in [0.1, 0.15) is 16.1 Å². The number of anilines is 1. The molecule has 0 spiro atoms. The molecule has 2 aromatic rings. The monoisotopic (exact) mass is 245 g/mol. The Morgan fingerprint density at radius 1 is 1.29 bits per heavy atom. The van der Waals surface area contributed by atoms with E-state index in [1.807, 2.05) is 0 Å². The Bertz CT molecular complexity index is 601. The number of fused-ring (bicyclic) bond motifs is 1. The zero-order chi connectivity index (χ0) is 12.8. The summed E-state index contributed by atoms with van der Waals surface area (Å²) < 4.78 is 41.7. The van der Waals surface area contributed by atoms with Gasteiger partial charge in [-0.2, -0.15) is 13.2 Å². The van der Waals surface area contributed by atoms with Crippen molar-refractivity contribution in [3.8, 4) is 0 Å². The van der Waals surface area contributed by atoms with Gasteiger partial charge in [0.2, 0.25) is 5.76 Å². The molecule has 1 aromatic carbocycles. The SMILES string of the molecule is Nc1cc(C(=O)O)cc2cc(C(F)(F)F)oc12. The minimum atomic E-state index is -4.63. The van der Waals surface area contributed by atoms with Crippen LogP contribution in [0.3, 0.4) is 0 Å². The third kappa shape index (κ3) is 1.91. The number of carboxylic acid groups (broad SMARTS) is 1. The van der Waals surface area contributed by atoms with Crippen molar-refractivity contribution in [1.29, 1.82) is 0 Å². The Hall–Kier alpha value is -2.18. The molecule has 0 amide bonds. The second-order valence-corrected chi connectivity index (χ2v) is 3.40. The normalized spacial score (nSPS) is 11.9. The minimum absolute atomic E-state index is 0.00900. The molecule has 0 fully saturated rings. The number of nitrogen functional groups attached to an aromatic ring is 1. The summed E-state index contributed by atoms with van der Waals surface area (Å²) in [6.45, 7) is 0. The van der Waals surface area contributed by atoms with E-state index in [2.05, 4.69) is 4.42 Å². The smallest absolute Gasteiger partial charge is 0.449 e.